The average molecular weight is 381 g/mol. The topological polar surface area (TPSA) is 127 Å². The number of anilines is 1. The number of benzene rings is 1. The molecule has 2 aromatic rings. The van der Waals surface area contributed by atoms with Crippen LogP contribution < -0.4 is 15.2 Å². The molecule has 0 bridgehead atoms. The lowest BCUT2D eigenvalue weighted by Crippen LogP contribution is -2.27. The second-order valence-corrected chi connectivity index (χ2v) is 6.19. The van der Waals surface area contributed by atoms with Gasteiger partial charge in [-0.3, -0.25) is 0 Å². The zero-order valence-corrected chi connectivity index (χ0v) is 15.5. The zero-order valence-electron chi connectivity index (χ0n) is 15.5. The molecule has 1 aromatic heterocycles. The number of hydrogen-bond acceptors (Lipinski definition) is 6. The molecule has 0 radical (unpaired) electrons. The van der Waals surface area contributed by atoms with Crippen molar-refractivity contribution in [1.82, 2.24) is 14.7 Å². The molecular weight excluding hydrogens is 362 g/mol. The molecule has 0 unspecified atom stereocenters. The van der Waals surface area contributed by atoms with E-state index in [2.05, 4.69) is 16.9 Å². The fraction of sp³-hybridized carbons (Fsp3) is 0.316. The van der Waals surface area contributed by atoms with Gasteiger partial charge in [0, 0.05) is 24.7 Å². The van der Waals surface area contributed by atoms with Crippen LogP contribution >= 0.6 is 0 Å². The molecule has 0 spiro atoms. The Balaban J connectivity index is 1.94. The highest BCUT2D eigenvalue weighted by molar-refractivity contribution is 5.65. The summed E-state index contributed by atoms with van der Waals surface area (Å²) in [5.41, 5.74) is 7.13. The number of carbonyl (C=O) groups is 1. The number of ether oxygens (including phenoxy) is 2. The lowest BCUT2D eigenvalue weighted by molar-refractivity contribution is 0.154. The normalized spacial score (nSPS) is 15.5. The van der Waals surface area contributed by atoms with Gasteiger partial charge in [-0.2, -0.15) is 10.4 Å². The Morgan fingerprint density at radius 3 is 2.50 bits per heavy atom. The van der Waals surface area contributed by atoms with Crippen molar-refractivity contribution in [3.63, 3.8) is 0 Å². The Bertz CT molecular complexity index is 990. The number of rotatable bonds is 3. The first-order valence-corrected chi connectivity index (χ1v) is 8.47. The number of nitrogens with two attached hydrogens (primary N) is 1. The molecular formula is C19H19N5O4. The van der Waals surface area contributed by atoms with Crippen LogP contribution in [0, 0.1) is 23.2 Å². The fourth-order valence-electron chi connectivity index (χ4n) is 3.05. The van der Waals surface area contributed by atoms with Crippen LogP contribution in [0.15, 0.2) is 18.2 Å². The van der Waals surface area contributed by atoms with Gasteiger partial charge in [0.1, 0.15) is 28.9 Å². The molecule has 1 amide bonds. The highest BCUT2D eigenvalue weighted by Crippen LogP contribution is 2.27. The van der Waals surface area contributed by atoms with Crippen molar-refractivity contribution in [2.45, 2.75) is 12.5 Å². The summed E-state index contributed by atoms with van der Waals surface area (Å²) in [7, 11) is 3.09. The standard InChI is InChI=1S/C19H19N5O4/c1-27-14-7-12(8-15(9-14)28-2)3-4-17-16(10-20)18(21)24(22-17)13-5-6-23(11-13)19(25)26/h7-9,13H,5-6,11,21H2,1-2H3,(H,25,26)/t13-/m0/s1. The van der Waals surface area contributed by atoms with E-state index in [-0.39, 0.29) is 29.7 Å². The summed E-state index contributed by atoms with van der Waals surface area (Å²) in [6, 6.07) is 7.02. The molecule has 28 heavy (non-hydrogen) atoms. The van der Waals surface area contributed by atoms with E-state index in [1.165, 1.54) is 9.58 Å². The molecule has 144 valence electrons. The number of aromatic nitrogens is 2. The molecule has 9 heteroatoms. The van der Waals surface area contributed by atoms with Crippen LogP contribution in [0.3, 0.4) is 0 Å². The van der Waals surface area contributed by atoms with Crippen LogP contribution in [0.4, 0.5) is 10.6 Å². The second kappa shape index (κ2) is 7.80. The molecule has 0 saturated carbocycles. The Labute approximate surface area is 161 Å². The Morgan fingerprint density at radius 1 is 1.29 bits per heavy atom. The van der Waals surface area contributed by atoms with Gasteiger partial charge < -0.3 is 25.2 Å². The van der Waals surface area contributed by atoms with Crippen molar-refractivity contribution in [3.8, 4) is 29.4 Å². The number of nitriles is 1. The molecule has 9 nitrogen and oxygen atoms in total. The van der Waals surface area contributed by atoms with Crippen molar-refractivity contribution in [1.29, 1.82) is 5.26 Å². The summed E-state index contributed by atoms with van der Waals surface area (Å²) in [6.45, 7) is 0.665. The smallest absolute Gasteiger partial charge is 0.407 e. The van der Waals surface area contributed by atoms with Crippen LogP contribution in [-0.4, -0.2) is 53.2 Å². The van der Waals surface area contributed by atoms with Crippen LogP contribution in [-0.2, 0) is 0 Å². The summed E-state index contributed by atoms with van der Waals surface area (Å²) >= 11 is 0. The first kappa shape index (κ1) is 18.9. The van der Waals surface area contributed by atoms with Gasteiger partial charge in [0.15, 0.2) is 5.69 Å². The van der Waals surface area contributed by atoms with Crippen LogP contribution in [0.25, 0.3) is 0 Å². The van der Waals surface area contributed by atoms with E-state index in [0.29, 0.717) is 30.0 Å². The van der Waals surface area contributed by atoms with E-state index < -0.39 is 6.09 Å². The molecule has 1 saturated heterocycles. The van der Waals surface area contributed by atoms with E-state index in [1.807, 2.05) is 6.07 Å². The number of carboxylic acid groups (broad SMARTS) is 1. The Hall–Kier alpha value is -3.85. The largest absolute Gasteiger partial charge is 0.497 e. The first-order chi connectivity index (χ1) is 13.5. The summed E-state index contributed by atoms with van der Waals surface area (Å²) in [5, 5.41) is 23.0. The molecule has 1 fully saturated rings. The molecule has 0 aliphatic carbocycles. The molecule has 2 heterocycles. The SMILES string of the molecule is COc1cc(C#Cc2nn([C@H]3CCN(C(=O)O)C3)c(N)c2C#N)cc(OC)c1. The van der Waals surface area contributed by atoms with E-state index in [9.17, 15) is 10.1 Å². The maximum absolute atomic E-state index is 11.1. The zero-order chi connectivity index (χ0) is 20.3. The van der Waals surface area contributed by atoms with Crippen LogP contribution in [0.1, 0.15) is 29.3 Å². The maximum Gasteiger partial charge on any atom is 0.407 e. The van der Waals surface area contributed by atoms with Gasteiger partial charge in [0.2, 0.25) is 0 Å². The lowest BCUT2D eigenvalue weighted by atomic mass is 10.2. The number of hydrogen-bond donors (Lipinski definition) is 2. The molecule has 1 aliphatic heterocycles. The highest BCUT2D eigenvalue weighted by atomic mass is 16.5. The third-order valence-corrected chi connectivity index (χ3v) is 4.52. The number of nitrogen functional groups attached to an aromatic ring is 1. The first-order valence-electron chi connectivity index (χ1n) is 8.47. The van der Waals surface area contributed by atoms with Crippen molar-refractivity contribution < 1.29 is 19.4 Å². The van der Waals surface area contributed by atoms with E-state index in [4.69, 9.17) is 20.3 Å². The number of likely N-dealkylation sites (tertiary alicyclic amines) is 1. The highest BCUT2D eigenvalue weighted by Gasteiger charge is 2.30. The fourth-order valence-corrected chi connectivity index (χ4v) is 3.05. The minimum absolute atomic E-state index is 0.177. The summed E-state index contributed by atoms with van der Waals surface area (Å²) in [4.78, 5) is 12.4. The van der Waals surface area contributed by atoms with Gasteiger partial charge in [0.25, 0.3) is 0 Å². The molecule has 1 atom stereocenters. The van der Waals surface area contributed by atoms with Gasteiger partial charge in [-0.1, -0.05) is 5.92 Å². The van der Waals surface area contributed by atoms with Gasteiger partial charge in [-0.05, 0) is 24.5 Å². The number of nitrogens with zero attached hydrogens (tertiary/aromatic N) is 4. The van der Waals surface area contributed by atoms with Gasteiger partial charge in [-0.15, -0.1) is 0 Å². The van der Waals surface area contributed by atoms with E-state index >= 15 is 0 Å². The van der Waals surface area contributed by atoms with Crippen molar-refractivity contribution in [3.05, 3.63) is 35.0 Å². The summed E-state index contributed by atoms with van der Waals surface area (Å²) in [6.07, 6.45) is -0.413. The van der Waals surface area contributed by atoms with Gasteiger partial charge in [-0.25, -0.2) is 9.48 Å². The molecule has 3 rings (SSSR count). The maximum atomic E-state index is 11.1. The van der Waals surface area contributed by atoms with Crippen molar-refractivity contribution in [2.24, 2.45) is 0 Å². The van der Waals surface area contributed by atoms with Crippen molar-refractivity contribution in [2.75, 3.05) is 33.0 Å². The predicted molar refractivity (Wildman–Crippen MR) is 100 cm³/mol. The Kier molecular flexibility index (Phi) is 5.28. The minimum atomic E-state index is -0.985. The third kappa shape index (κ3) is 3.64. The monoisotopic (exact) mass is 381 g/mol. The second-order valence-electron chi connectivity index (χ2n) is 6.19. The third-order valence-electron chi connectivity index (χ3n) is 4.52. The van der Waals surface area contributed by atoms with Gasteiger partial charge >= 0.3 is 6.09 Å². The van der Waals surface area contributed by atoms with Gasteiger partial charge in [0.05, 0.1) is 20.3 Å². The van der Waals surface area contributed by atoms with E-state index in [0.717, 1.165) is 0 Å². The number of methoxy groups -OCH3 is 2. The summed E-state index contributed by atoms with van der Waals surface area (Å²) < 4.78 is 11.9. The minimum Gasteiger partial charge on any atom is -0.497 e. The predicted octanol–water partition coefficient (Wildman–Crippen LogP) is 1.68. The lowest BCUT2D eigenvalue weighted by Gasteiger charge is -2.13. The average Bonchev–Trinajstić information content (AvgIpc) is 3.30. The quantitative estimate of drug-likeness (QED) is 0.774. The summed E-state index contributed by atoms with van der Waals surface area (Å²) in [5.74, 6) is 7.19. The Morgan fingerprint density at radius 2 is 1.96 bits per heavy atom. The van der Waals surface area contributed by atoms with Crippen LogP contribution in [0.2, 0.25) is 0 Å². The number of amides is 1. The molecule has 3 N–H and O–H groups in total. The van der Waals surface area contributed by atoms with E-state index in [1.54, 1.807) is 32.4 Å². The van der Waals surface area contributed by atoms with Crippen LogP contribution in [0.5, 0.6) is 11.5 Å². The van der Waals surface area contributed by atoms with Crippen molar-refractivity contribution >= 4 is 11.9 Å². The molecule has 1 aliphatic rings. The molecule has 1 aromatic carbocycles.